The van der Waals surface area contributed by atoms with Crippen LogP contribution in [0.4, 0.5) is 0 Å². The number of halogens is 1. The standard InChI is InChI=1S/C16H16ClNO3/c1-18-16(19)12-4-2-6-14(10-12)20-8-9-21-15-7-3-5-13(17)11-15/h2-7,10-11H,8-9H2,1H3,(H,18,19). The van der Waals surface area contributed by atoms with Gasteiger partial charge in [-0.1, -0.05) is 23.7 Å². The van der Waals surface area contributed by atoms with E-state index in [1.807, 2.05) is 12.1 Å². The third-order valence-corrected chi connectivity index (χ3v) is 2.98. The molecule has 110 valence electrons. The minimum Gasteiger partial charge on any atom is -0.490 e. The average molecular weight is 306 g/mol. The molecule has 0 aromatic heterocycles. The highest BCUT2D eigenvalue weighted by atomic mass is 35.5. The summed E-state index contributed by atoms with van der Waals surface area (Å²) in [7, 11) is 1.59. The molecule has 0 unspecified atom stereocenters. The van der Waals surface area contributed by atoms with E-state index >= 15 is 0 Å². The van der Waals surface area contributed by atoms with Crippen molar-refractivity contribution in [1.29, 1.82) is 0 Å². The molecule has 5 heteroatoms. The Morgan fingerprint density at radius 1 is 1.05 bits per heavy atom. The third-order valence-electron chi connectivity index (χ3n) is 2.74. The predicted octanol–water partition coefficient (Wildman–Crippen LogP) is 3.16. The van der Waals surface area contributed by atoms with Crippen LogP contribution in [0, 0.1) is 0 Å². The Bertz CT molecular complexity index is 616. The lowest BCUT2D eigenvalue weighted by Gasteiger charge is -2.09. The number of hydrogen-bond donors (Lipinski definition) is 1. The number of nitrogens with one attached hydrogen (secondary N) is 1. The molecule has 0 spiro atoms. The van der Waals surface area contributed by atoms with Crippen LogP contribution in [-0.4, -0.2) is 26.2 Å². The maximum atomic E-state index is 11.5. The number of benzene rings is 2. The lowest BCUT2D eigenvalue weighted by atomic mass is 10.2. The fourth-order valence-electron chi connectivity index (χ4n) is 1.75. The number of ether oxygens (including phenoxy) is 2. The Kier molecular flexibility index (Phi) is 5.46. The van der Waals surface area contributed by atoms with Crippen LogP contribution in [-0.2, 0) is 0 Å². The van der Waals surface area contributed by atoms with Crippen molar-refractivity contribution in [2.24, 2.45) is 0 Å². The minimum atomic E-state index is -0.143. The molecule has 0 aliphatic rings. The number of carbonyl (C=O) groups is 1. The largest absolute Gasteiger partial charge is 0.490 e. The van der Waals surface area contributed by atoms with Gasteiger partial charge in [-0.25, -0.2) is 0 Å². The fourth-order valence-corrected chi connectivity index (χ4v) is 1.93. The summed E-state index contributed by atoms with van der Waals surface area (Å²) >= 11 is 5.87. The van der Waals surface area contributed by atoms with Crippen LogP contribution in [0.3, 0.4) is 0 Å². The van der Waals surface area contributed by atoms with E-state index in [9.17, 15) is 4.79 Å². The topological polar surface area (TPSA) is 47.6 Å². The van der Waals surface area contributed by atoms with Crippen LogP contribution in [0.1, 0.15) is 10.4 Å². The van der Waals surface area contributed by atoms with E-state index in [0.717, 1.165) is 0 Å². The molecule has 4 nitrogen and oxygen atoms in total. The van der Waals surface area contributed by atoms with Gasteiger partial charge in [0.1, 0.15) is 24.7 Å². The first-order chi connectivity index (χ1) is 10.2. The Labute approximate surface area is 128 Å². The monoisotopic (exact) mass is 305 g/mol. The van der Waals surface area contributed by atoms with E-state index in [0.29, 0.717) is 35.3 Å². The highest BCUT2D eigenvalue weighted by molar-refractivity contribution is 6.30. The second-order valence-electron chi connectivity index (χ2n) is 4.26. The summed E-state index contributed by atoms with van der Waals surface area (Å²) in [5.41, 5.74) is 0.561. The molecule has 0 atom stereocenters. The van der Waals surface area contributed by atoms with Crippen molar-refractivity contribution in [2.45, 2.75) is 0 Å². The molecule has 2 aromatic carbocycles. The molecule has 0 fully saturated rings. The van der Waals surface area contributed by atoms with Gasteiger partial charge >= 0.3 is 0 Å². The van der Waals surface area contributed by atoms with Crippen molar-refractivity contribution in [3.63, 3.8) is 0 Å². The highest BCUT2D eigenvalue weighted by Crippen LogP contribution is 2.17. The highest BCUT2D eigenvalue weighted by Gasteiger charge is 2.04. The summed E-state index contributed by atoms with van der Waals surface area (Å²) in [6.45, 7) is 0.772. The van der Waals surface area contributed by atoms with Crippen LogP contribution in [0.15, 0.2) is 48.5 Å². The molecule has 2 aromatic rings. The quantitative estimate of drug-likeness (QED) is 0.834. The van der Waals surface area contributed by atoms with Crippen LogP contribution in [0.5, 0.6) is 11.5 Å². The molecule has 0 bridgehead atoms. The van der Waals surface area contributed by atoms with Crippen molar-refractivity contribution in [3.8, 4) is 11.5 Å². The number of rotatable bonds is 6. The summed E-state index contributed by atoms with van der Waals surface area (Å²) in [4.78, 5) is 11.5. The Balaban J connectivity index is 1.82. The molecule has 0 aliphatic heterocycles. The van der Waals surface area contributed by atoms with Gasteiger partial charge in [-0.2, -0.15) is 0 Å². The lowest BCUT2D eigenvalue weighted by Crippen LogP contribution is -2.17. The van der Waals surface area contributed by atoms with E-state index in [-0.39, 0.29) is 5.91 Å². The van der Waals surface area contributed by atoms with Crippen molar-refractivity contribution in [1.82, 2.24) is 5.32 Å². The smallest absolute Gasteiger partial charge is 0.251 e. The molecule has 21 heavy (non-hydrogen) atoms. The zero-order valence-corrected chi connectivity index (χ0v) is 12.4. The van der Waals surface area contributed by atoms with Gasteiger partial charge in [-0.3, -0.25) is 4.79 Å². The third kappa shape index (κ3) is 4.68. The second-order valence-corrected chi connectivity index (χ2v) is 4.70. The second kappa shape index (κ2) is 7.55. The maximum absolute atomic E-state index is 11.5. The lowest BCUT2D eigenvalue weighted by molar-refractivity contribution is 0.0962. The van der Waals surface area contributed by atoms with Gasteiger partial charge in [-0.05, 0) is 36.4 Å². The van der Waals surface area contributed by atoms with Crippen LogP contribution in [0.2, 0.25) is 5.02 Å². The minimum absolute atomic E-state index is 0.143. The van der Waals surface area contributed by atoms with E-state index in [1.165, 1.54) is 0 Å². The van der Waals surface area contributed by atoms with Crippen molar-refractivity contribution >= 4 is 17.5 Å². The number of amides is 1. The molecule has 1 N–H and O–H groups in total. The number of carbonyl (C=O) groups excluding carboxylic acids is 1. The number of hydrogen-bond acceptors (Lipinski definition) is 3. The molecule has 1 amide bonds. The first-order valence-corrected chi connectivity index (χ1v) is 6.90. The summed E-state index contributed by atoms with van der Waals surface area (Å²) in [5.74, 6) is 1.19. The predicted molar refractivity (Wildman–Crippen MR) is 82.3 cm³/mol. The van der Waals surface area contributed by atoms with E-state index < -0.39 is 0 Å². The molecule has 0 saturated heterocycles. The van der Waals surface area contributed by atoms with Gasteiger partial charge in [0.05, 0.1) is 0 Å². The van der Waals surface area contributed by atoms with E-state index in [4.69, 9.17) is 21.1 Å². The Morgan fingerprint density at radius 2 is 1.67 bits per heavy atom. The van der Waals surface area contributed by atoms with Gasteiger partial charge in [0, 0.05) is 17.6 Å². The van der Waals surface area contributed by atoms with Crippen molar-refractivity contribution < 1.29 is 14.3 Å². The molecule has 2 rings (SSSR count). The summed E-state index contributed by atoms with van der Waals surface area (Å²) < 4.78 is 11.1. The molecule has 0 heterocycles. The van der Waals surface area contributed by atoms with E-state index in [2.05, 4.69) is 5.32 Å². The zero-order chi connectivity index (χ0) is 15.1. The molecular formula is C16H16ClNO3. The average Bonchev–Trinajstić information content (AvgIpc) is 2.51. The normalized spacial score (nSPS) is 10.0. The van der Waals surface area contributed by atoms with Gasteiger partial charge in [0.2, 0.25) is 0 Å². The Morgan fingerprint density at radius 3 is 2.29 bits per heavy atom. The summed E-state index contributed by atoms with van der Waals surface area (Å²) in [6, 6.07) is 14.2. The van der Waals surface area contributed by atoms with Crippen LogP contribution in [0.25, 0.3) is 0 Å². The molecular weight excluding hydrogens is 290 g/mol. The maximum Gasteiger partial charge on any atom is 0.251 e. The first-order valence-electron chi connectivity index (χ1n) is 6.52. The zero-order valence-electron chi connectivity index (χ0n) is 11.6. The van der Waals surface area contributed by atoms with Gasteiger partial charge in [-0.15, -0.1) is 0 Å². The molecule has 0 radical (unpaired) electrons. The van der Waals surface area contributed by atoms with Crippen molar-refractivity contribution in [2.75, 3.05) is 20.3 Å². The van der Waals surface area contributed by atoms with E-state index in [1.54, 1.807) is 43.4 Å². The SMILES string of the molecule is CNC(=O)c1cccc(OCCOc2cccc(Cl)c2)c1. The van der Waals surface area contributed by atoms with Gasteiger partial charge in [0.25, 0.3) is 5.91 Å². The first kappa shape index (κ1) is 15.2. The molecule has 0 saturated carbocycles. The summed E-state index contributed by atoms with van der Waals surface area (Å²) in [6.07, 6.45) is 0. The van der Waals surface area contributed by atoms with Gasteiger partial charge < -0.3 is 14.8 Å². The summed E-state index contributed by atoms with van der Waals surface area (Å²) in [5, 5.41) is 3.20. The van der Waals surface area contributed by atoms with Crippen LogP contribution >= 0.6 is 11.6 Å². The Hall–Kier alpha value is -2.20. The van der Waals surface area contributed by atoms with Gasteiger partial charge in [0.15, 0.2) is 0 Å². The van der Waals surface area contributed by atoms with Crippen LogP contribution < -0.4 is 14.8 Å². The molecule has 0 aliphatic carbocycles. The van der Waals surface area contributed by atoms with Crippen molar-refractivity contribution in [3.05, 3.63) is 59.1 Å². The fraction of sp³-hybridized carbons (Fsp3) is 0.188.